The van der Waals surface area contributed by atoms with Crippen molar-refractivity contribution < 1.29 is 9.53 Å². The fourth-order valence-corrected chi connectivity index (χ4v) is 1.34. The van der Waals surface area contributed by atoms with Crippen molar-refractivity contribution in [1.29, 1.82) is 0 Å². The van der Waals surface area contributed by atoms with E-state index in [2.05, 4.69) is 15.3 Å². The Balaban J connectivity index is 2.79. The number of carbonyl (C=O) groups excluding carboxylic acids is 1. The van der Waals surface area contributed by atoms with Crippen LogP contribution in [0.15, 0.2) is 12.4 Å². The number of esters is 1. The molecule has 88 valence electrons. The average Bonchev–Trinajstić information content (AvgIpc) is 2.24. The van der Waals surface area contributed by atoms with Crippen LogP contribution in [0.4, 0.5) is 5.82 Å². The summed E-state index contributed by atoms with van der Waals surface area (Å²) in [5, 5.41) is 3.21. The van der Waals surface area contributed by atoms with Gasteiger partial charge >= 0.3 is 5.97 Å². The zero-order valence-corrected chi connectivity index (χ0v) is 10.2. The Morgan fingerprint density at radius 1 is 1.50 bits per heavy atom. The van der Waals surface area contributed by atoms with E-state index in [1.54, 1.807) is 0 Å². The van der Waals surface area contributed by atoms with Gasteiger partial charge in [-0.1, -0.05) is 25.4 Å². The Kier molecular flexibility index (Phi) is 4.49. The van der Waals surface area contributed by atoms with Crippen molar-refractivity contribution in [2.24, 2.45) is 5.92 Å². The highest BCUT2D eigenvalue weighted by Gasteiger charge is 2.23. The SMILES string of the molecule is COC(=O)C(Nc1cncc(Cl)n1)C(C)C. The first-order valence-corrected chi connectivity index (χ1v) is 5.24. The van der Waals surface area contributed by atoms with Gasteiger partial charge < -0.3 is 10.1 Å². The molecule has 6 heteroatoms. The maximum absolute atomic E-state index is 11.5. The smallest absolute Gasteiger partial charge is 0.328 e. The summed E-state index contributed by atoms with van der Waals surface area (Å²) in [5.41, 5.74) is 0. The van der Waals surface area contributed by atoms with Gasteiger partial charge in [-0.25, -0.2) is 9.78 Å². The minimum Gasteiger partial charge on any atom is -0.467 e. The lowest BCUT2D eigenvalue weighted by Gasteiger charge is -2.19. The minimum absolute atomic E-state index is 0.0771. The zero-order chi connectivity index (χ0) is 12.1. The molecule has 1 unspecified atom stereocenters. The molecule has 0 amide bonds. The Bertz CT molecular complexity index is 371. The highest BCUT2D eigenvalue weighted by atomic mass is 35.5. The fraction of sp³-hybridized carbons (Fsp3) is 0.500. The van der Waals surface area contributed by atoms with Gasteiger partial charge in [0.1, 0.15) is 17.0 Å². The minimum atomic E-state index is -0.460. The molecule has 0 saturated heterocycles. The number of hydrogen-bond acceptors (Lipinski definition) is 5. The van der Waals surface area contributed by atoms with Gasteiger partial charge in [-0.05, 0) is 5.92 Å². The van der Waals surface area contributed by atoms with E-state index >= 15 is 0 Å². The van der Waals surface area contributed by atoms with Crippen LogP contribution in [-0.2, 0) is 9.53 Å². The summed E-state index contributed by atoms with van der Waals surface area (Å²) in [6, 6.07) is -0.460. The topological polar surface area (TPSA) is 64.1 Å². The Labute approximate surface area is 99.2 Å². The number of rotatable bonds is 4. The first-order chi connectivity index (χ1) is 7.54. The molecular formula is C10H14ClN3O2. The van der Waals surface area contributed by atoms with Crippen LogP contribution in [0.5, 0.6) is 0 Å². The summed E-state index contributed by atoms with van der Waals surface area (Å²) >= 11 is 5.69. The van der Waals surface area contributed by atoms with E-state index in [0.29, 0.717) is 5.82 Å². The predicted molar refractivity (Wildman–Crippen MR) is 61.3 cm³/mol. The lowest BCUT2D eigenvalue weighted by atomic mass is 10.1. The van der Waals surface area contributed by atoms with Crippen molar-refractivity contribution in [2.45, 2.75) is 19.9 Å². The van der Waals surface area contributed by atoms with Gasteiger partial charge in [0, 0.05) is 0 Å². The summed E-state index contributed by atoms with van der Waals surface area (Å²) in [6.45, 7) is 3.82. The molecular weight excluding hydrogens is 230 g/mol. The molecule has 1 atom stereocenters. The molecule has 5 nitrogen and oxygen atoms in total. The number of ether oxygens (including phenoxy) is 1. The predicted octanol–water partition coefficient (Wildman–Crippen LogP) is 1.74. The molecule has 0 spiro atoms. The number of nitrogens with zero attached hydrogens (tertiary/aromatic N) is 2. The number of carbonyl (C=O) groups is 1. The van der Waals surface area contributed by atoms with Crippen molar-refractivity contribution in [3.05, 3.63) is 17.5 Å². The van der Waals surface area contributed by atoms with E-state index in [0.717, 1.165) is 0 Å². The first-order valence-electron chi connectivity index (χ1n) is 4.86. The van der Waals surface area contributed by atoms with Crippen LogP contribution in [0.25, 0.3) is 0 Å². The number of halogens is 1. The van der Waals surface area contributed by atoms with Crippen molar-refractivity contribution in [3.8, 4) is 0 Å². The molecule has 0 aliphatic heterocycles. The monoisotopic (exact) mass is 243 g/mol. The molecule has 1 heterocycles. The summed E-state index contributed by atoms with van der Waals surface area (Å²) in [5.74, 6) is 0.196. The van der Waals surface area contributed by atoms with Crippen LogP contribution >= 0.6 is 11.6 Å². The van der Waals surface area contributed by atoms with Gasteiger partial charge in [-0.3, -0.25) is 4.98 Å². The van der Waals surface area contributed by atoms with E-state index in [4.69, 9.17) is 16.3 Å². The van der Waals surface area contributed by atoms with Crippen LogP contribution in [0.1, 0.15) is 13.8 Å². The molecule has 0 aromatic carbocycles. The van der Waals surface area contributed by atoms with Gasteiger partial charge in [0.15, 0.2) is 0 Å². The highest BCUT2D eigenvalue weighted by Crippen LogP contribution is 2.12. The third-order valence-electron chi connectivity index (χ3n) is 2.03. The number of nitrogens with one attached hydrogen (secondary N) is 1. The second-order valence-electron chi connectivity index (χ2n) is 3.62. The average molecular weight is 244 g/mol. The zero-order valence-electron chi connectivity index (χ0n) is 9.40. The van der Waals surface area contributed by atoms with Crippen LogP contribution in [-0.4, -0.2) is 29.1 Å². The maximum atomic E-state index is 11.5. The molecule has 16 heavy (non-hydrogen) atoms. The Hall–Kier alpha value is -1.36. The summed E-state index contributed by atoms with van der Waals surface area (Å²) in [4.78, 5) is 19.3. The molecule has 0 fully saturated rings. The second-order valence-corrected chi connectivity index (χ2v) is 4.00. The lowest BCUT2D eigenvalue weighted by molar-refractivity contribution is -0.142. The summed E-state index contributed by atoms with van der Waals surface area (Å²) in [7, 11) is 1.35. The van der Waals surface area contributed by atoms with E-state index < -0.39 is 6.04 Å². The first kappa shape index (κ1) is 12.7. The standard InChI is InChI=1S/C10H14ClN3O2/c1-6(2)9(10(15)16-3)14-8-5-12-4-7(11)13-8/h4-6,9H,1-3H3,(H,13,14). The van der Waals surface area contributed by atoms with Crippen LogP contribution in [0.3, 0.4) is 0 Å². The van der Waals surface area contributed by atoms with Crippen LogP contribution in [0.2, 0.25) is 5.15 Å². The van der Waals surface area contributed by atoms with Crippen LogP contribution in [0, 0.1) is 5.92 Å². The van der Waals surface area contributed by atoms with E-state index in [1.165, 1.54) is 19.5 Å². The summed E-state index contributed by atoms with van der Waals surface area (Å²) in [6.07, 6.45) is 2.93. The normalized spacial score (nSPS) is 12.3. The molecule has 1 rings (SSSR count). The summed E-state index contributed by atoms with van der Waals surface area (Å²) < 4.78 is 4.69. The van der Waals surface area contributed by atoms with Crippen molar-refractivity contribution in [1.82, 2.24) is 9.97 Å². The van der Waals surface area contributed by atoms with Crippen molar-refractivity contribution >= 4 is 23.4 Å². The number of hydrogen-bond donors (Lipinski definition) is 1. The molecule has 0 aliphatic carbocycles. The van der Waals surface area contributed by atoms with E-state index in [9.17, 15) is 4.79 Å². The van der Waals surface area contributed by atoms with Gasteiger partial charge in [0.25, 0.3) is 0 Å². The Morgan fingerprint density at radius 3 is 2.69 bits per heavy atom. The molecule has 1 aromatic heterocycles. The third-order valence-corrected chi connectivity index (χ3v) is 2.21. The molecule has 1 aromatic rings. The Morgan fingerprint density at radius 2 is 2.19 bits per heavy atom. The van der Waals surface area contributed by atoms with Crippen molar-refractivity contribution in [2.75, 3.05) is 12.4 Å². The molecule has 1 N–H and O–H groups in total. The molecule has 0 radical (unpaired) electrons. The number of anilines is 1. The van der Waals surface area contributed by atoms with E-state index in [1.807, 2.05) is 13.8 Å². The number of aromatic nitrogens is 2. The molecule has 0 aliphatic rings. The maximum Gasteiger partial charge on any atom is 0.328 e. The molecule has 0 saturated carbocycles. The van der Waals surface area contributed by atoms with Crippen LogP contribution < -0.4 is 5.32 Å². The lowest BCUT2D eigenvalue weighted by Crippen LogP contribution is -2.35. The van der Waals surface area contributed by atoms with Gasteiger partial charge in [0.05, 0.1) is 19.5 Å². The quantitative estimate of drug-likeness (QED) is 0.816. The van der Waals surface area contributed by atoms with E-state index in [-0.39, 0.29) is 17.0 Å². The van der Waals surface area contributed by atoms with Gasteiger partial charge in [-0.2, -0.15) is 0 Å². The van der Waals surface area contributed by atoms with Crippen molar-refractivity contribution in [3.63, 3.8) is 0 Å². The highest BCUT2D eigenvalue weighted by molar-refractivity contribution is 6.29. The fourth-order valence-electron chi connectivity index (χ4n) is 1.20. The second kappa shape index (κ2) is 5.65. The number of methoxy groups -OCH3 is 1. The van der Waals surface area contributed by atoms with Gasteiger partial charge in [-0.15, -0.1) is 0 Å². The third kappa shape index (κ3) is 3.34. The molecule has 0 bridgehead atoms. The van der Waals surface area contributed by atoms with Gasteiger partial charge in [0.2, 0.25) is 0 Å². The largest absolute Gasteiger partial charge is 0.467 e.